The van der Waals surface area contributed by atoms with Crippen molar-refractivity contribution >= 4 is 39.2 Å². The molecule has 2 aliphatic rings. The average Bonchev–Trinajstić information content (AvgIpc) is 2.99. The van der Waals surface area contributed by atoms with E-state index in [0.717, 1.165) is 42.8 Å². The number of nitrogens with zero attached hydrogens (tertiary/aromatic N) is 3. The molecule has 1 aromatic heterocycles. The zero-order chi connectivity index (χ0) is 25.5. The highest BCUT2D eigenvalue weighted by atomic mass is 35.5. The zero-order valence-electron chi connectivity index (χ0n) is 21.3. The molecule has 2 bridgehead atoms. The van der Waals surface area contributed by atoms with Crippen LogP contribution in [-0.4, -0.2) is 83.8 Å². The number of sulfonamides is 1. The summed E-state index contributed by atoms with van der Waals surface area (Å²) in [7, 11) is -1.88. The number of hydrogen-bond acceptors (Lipinski definition) is 6. The van der Waals surface area contributed by atoms with Crippen LogP contribution >= 0.6 is 12.4 Å². The van der Waals surface area contributed by atoms with Gasteiger partial charge >= 0.3 is 0 Å². The number of piperidine rings is 1. The number of para-hydroxylation sites is 1. The highest BCUT2D eigenvalue weighted by Gasteiger charge is 2.42. The Morgan fingerprint density at radius 2 is 1.81 bits per heavy atom. The van der Waals surface area contributed by atoms with E-state index in [4.69, 9.17) is 0 Å². The molecule has 4 rings (SSSR count). The van der Waals surface area contributed by atoms with Crippen LogP contribution in [0.5, 0.6) is 0 Å². The lowest BCUT2D eigenvalue weighted by Gasteiger charge is -2.40. The van der Waals surface area contributed by atoms with Gasteiger partial charge in [0.25, 0.3) is 11.5 Å². The first kappa shape index (κ1) is 28.6. The number of aliphatic hydroxyl groups is 1. The molecule has 3 atom stereocenters. The number of aromatic nitrogens is 1. The van der Waals surface area contributed by atoms with E-state index in [2.05, 4.69) is 10.2 Å². The van der Waals surface area contributed by atoms with Crippen molar-refractivity contribution in [3.8, 4) is 0 Å². The number of aliphatic hydroxyl groups excluding tert-OH is 1. The molecule has 2 aromatic rings. The maximum Gasteiger partial charge on any atom is 0.264 e. The Morgan fingerprint density at radius 1 is 1.19 bits per heavy atom. The largest absolute Gasteiger partial charge is 0.390 e. The van der Waals surface area contributed by atoms with Crippen LogP contribution in [0, 0.1) is 0 Å². The summed E-state index contributed by atoms with van der Waals surface area (Å²) >= 11 is 0. The number of carbonyl (C=O) groups excluding carboxylic acids is 1. The Morgan fingerprint density at radius 3 is 2.39 bits per heavy atom. The monoisotopic (exact) mass is 540 g/mol. The molecule has 0 spiro atoms. The van der Waals surface area contributed by atoms with Crippen LogP contribution in [0.4, 0.5) is 0 Å². The summed E-state index contributed by atoms with van der Waals surface area (Å²) < 4.78 is 26.1. The number of likely N-dealkylation sites (N-methyl/N-ethyl adjacent to an activating group) is 1. The van der Waals surface area contributed by atoms with E-state index < -0.39 is 16.1 Å². The molecule has 1 aromatic carbocycles. The second-order valence-electron chi connectivity index (χ2n) is 10.3. The number of halogens is 1. The van der Waals surface area contributed by atoms with Gasteiger partial charge in [0, 0.05) is 44.3 Å². The lowest BCUT2D eigenvalue weighted by atomic mass is 9.96. The molecule has 1 amide bonds. The SMILES string of the molecule is CC(C)n1c(=O)c(C(=O)NC2CC3CCC(C2)N3C[C@@H](O)CN(C)S(C)(=O)=O)cc2ccccc21.Cl. The highest BCUT2D eigenvalue weighted by Crippen LogP contribution is 2.36. The molecule has 9 nitrogen and oxygen atoms in total. The van der Waals surface area contributed by atoms with E-state index in [1.807, 2.05) is 38.1 Å². The highest BCUT2D eigenvalue weighted by molar-refractivity contribution is 7.88. The molecular weight excluding hydrogens is 504 g/mol. The molecule has 2 unspecified atom stereocenters. The molecule has 2 aliphatic heterocycles. The number of carbonyl (C=O) groups is 1. The first-order chi connectivity index (χ1) is 16.5. The number of benzene rings is 1. The second-order valence-corrected chi connectivity index (χ2v) is 12.4. The van der Waals surface area contributed by atoms with E-state index in [1.165, 1.54) is 11.4 Å². The van der Waals surface area contributed by atoms with Crippen LogP contribution < -0.4 is 10.9 Å². The van der Waals surface area contributed by atoms with E-state index >= 15 is 0 Å². The molecule has 36 heavy (non-hydrogen) atoms. The second kappa shape index (κ2) is 11.2. The van der Waals surface area contributed by atoms with Gasteiger partial charge in [0.2, 0.25) is 10.0 Å². The molecule has 0 aliphatic carbocycles. The van der Waals surface area contributed by atoms with E-state index in [0.29, 0.717) is 6.54 Å². The maximum atomic E-state index is 13.2. The summed E-state index contributed by atoms with van der Waals surface area (Å²) in [4.78, 5) is 28.7. The minimum absolute atomic E-state index is 0. The van der Waals surface area contributed by atoms with Crippen molar-refractivity contribution in [1.29, 1.82) is 0 Å². The molecule has 2 saturated heterocycles. The van der Waals surface area contributed by atoms with Crippen molar-refractivity contribution in [2.45, 2.75) is 69.8 Å². The van der Waals surface area contributed by atoms with Crippen LogP contribution in [-0.2, 0) is 10.0 Å². The third-order valence-electron chi connectivity index (χ3n) is 7.38. The van der Waals surface area contributed by atoms with Crippen LogP contribution in [0.15, 0.2) is 35.1 Å². The third kappa shape index (κ3) is 5.94. The minimum Gasteiger partial charge on any atom is -0.390 e. The molecule has 200 valence electrons. The fourth-order valence-corrected chi connectivity index (χ4v) is 6.09. The summed E-state index contributed by atoms with van der Waals surface area (Å²) in [5.41, 5.74) is 0.691. The fraction of sp³-hybridized carbons (Fsp3) is 0.600. The molecule has 2 fully saturated rings. The van der Waals surface area contributed by atoms with Gasteiger partial charge in [-0.2, -0.15) is 0 Å². The van der Waals surface area contributed by atoms with Gasteiger partial charge in [-0.3, -0.25) is 14.5 Å². The van der Waals surface area contributed by atoms with Gasteiger partial charge in [0.15, 0.2) is 0 Å². The van der Waals surface area contributed by atoms with E-state index in [-0.39, 0.29) is 60.1 Å². The van der Waals surface area contributed by atoms with Crippen molar-refractivity contribution in [1.82, 2.24) is 19.1 Å². The normalized spacial score (nSPS) is 23.1. The summed E-state index contributed by atoms with van der Waals surface area (Å²) in [5.74, 6) is -0.345. The van der Waals surface area contributed by atoms with Crippen LogP contribution in [0.2, 0.25) is 0 Å². The van der Waals surface area contributed by atoms with Gasteiger partial charge in [-0.05, 0) is 57.0 Å². The standard InChI is InChI=1S/C25H36N4O5S.ClH/c1-16(2)29-23-8-6-5-7-17(23)11-22(25(29)32)24(31)26-18-12-19-9-10-20(13-18)28(19)15-21(30)14-27(3)35(4,33)34;/h5-8,11,16,18-21,30H,9-10,12-15H2,1-4H3,(H,26,31);1H/t18?,19?,20?,21-;/m0./s1. The Hall–Kier alpha value is -1.98. The first-order valence-corrected chi connectivity index (χ1v) is 14.1. The Balaban J connectivity index is 0.00000361. The Bertz CT molecular complexity index is 1250. The number of rotatable bonds is 8. The van der Waals surface area contributed by atoms with Crippen LogP contribution in [0.25, 0.3) is 10.9 Å². The van der Waals surface area contributed by atoms with Crippen LogP contribution in [0.3, 0.4) is 0 Å². The average molecular weight is 541 g/mol. The molecule has 11 heteroatoms. The molecular formula is C25H37ClN4O5S. The van der Waals surface area contributed by atoms with E-state index in [1.54, 1.807) is 10.6 Å². The van der Waals surface area contributed by atoms with Gasteiger partial charge in [-0.1, -0.05) is 18.2 Å². The summed E-state index contributed by atoms with van der Waals surface area (Å²) in [6.07, 6.45) is 3.77. The smallest absolute Gasteiger partial charge is 0.264 e. The first-order valence-electron chi connectivity index (χ1n) is 12.3. The number of nitrogens with one attached hydrogen (secondary N) is 1. The van der Waals surface area contributed by atoms with Crippen molar-refractivity contribution in [2.75, 3.05) is 26.4 Å². The molecule has 0 radical (unpaired) electrons. The molecule has 3 heterocycles. The number of fused-ring (bicyclic) bond motifs is 3. The third-order valence-corrected chi connectivity index (χ3v) is 8.66. The van der Waals surface area contributed by atoms with Gasteiger partial charge < -0.3 is 15.0 Å². The summed E-state index contributed by atoms with van der Waals surface area (Å²) in [5, 5.41) is 14.5. The Labute approximate surface area is 218 Å². The van der Waals surface area contributed by atoms with Gasteiger partial charge in [0.05, 0.1) is 17.9 Å². The summed E-state index contributed by atoms with van der Waals surface area (Å²) in [6.45, 7) is 4.33. The maximum absolute atomic E-state index is 13.2. The van der Waals surface area contributed by atoms with Crippen molar-refractivity contribution in [3.05, 3.63) is 46.2 Å². The predicted octanol–water partition coefficient (Wildman–Crippen LogP) is 1.98. The van der Waals surface area contributed by atoms with E-state index in [9.17, 15) is 23.1 Å². The van der Waals surface area contributed by atoms with Crippen LogP contribution in [0.1, 0.15) is 55.9 Å². The number of hydrogen-bond donors (Lipinski definition) is 2. The Kier molecular flexibility index (Phi) is 8.88. The fourth-order valence-electron chi connectivity index (χ4n) is 5.65. The zero-order valence-corrected chi connectivity index (χ0v) is 22.9. The molecule has 2 N–H and O–H groups in total. The quantitative estimate of drug-likeness (QED) is 0.529. The van der Waals surface area contributed by atoms with Crippen molar-refractivity contribution in [3.63, 3.8) is 0 Å². The topological polar surface area (TPSA) is 112 Å². The van der Waals surface area contributed by atoms with Crippen molar-refractivity contribution in [2.24, 2.45) is 0 Å². The van der Waals surface area contributed by atoms with Gasteiger partial charge in [0.1, 0.15) is 5.56 Å². The van der Waals surface area contributed by atoms with Gasteiger partial charge in [-0.15, -0.1) is 12.4 Å². The lowest BCUT2D eigenvalue weighted by molar-refractivity contribution is 0.0448. The van der Waals surface area contributed by atoms with Gasteiger partial charge in [-0.25, -0.2) is 12.7 Å². The van der Waals surface area contributed by atoms with Crippen molar-refractivity contribution < 1.29 is 18.3 Å². The molecule has 0 saturated carbocycles. The lowest BCUT2D eigenvalue weighted by Crippen LogP contribution is -2.53. The number of pyridine rings is 1. The summed E-state index contributed by atoms with van der Waals surface area (Å²) in [6, 6.07) is 9.57. The minimum atomic E-state index is -3.34. The number of amides is 1. The predicted molar refractivity (Wildman–Crippen MR) is 143 cm³/mol.